The van der Waals surface area contributed by atoms with E-state index in [2.05, 4.69) is 65.6 Å². The standard InChI is InChI=1S/C20H22N2/c1-3-8-16(9-4-1)18-13-14-19(17-10-5-2-6-11-17)22(18)20-12-7-15-21-20/h1-6,8-11,18-19H,7,12-15H2/t18-,19-/m1/s1. The van der Waals surface area contributed by atoms with Crippen LogP contribution in [-0.2, 0) is 0 Å². The van der Waals surface area contributed by atoms with Gasteiger partial charge in [-0.25, -0.2) is 0 Å². The lowest BCUT2D eigenvalue weighted by molar-refractivity contribution is 0.318. The molecule has 22 heavy (non-hydrogen) atoms. The zero-order valence-electron chi connectivity index (χ0n) is 12.9. The molecule has 0 amide bonds. The normalized spacial score (nSPS) is 24.5. The van der Waals surface area contributed by atoms with Crippen LogP contribution in [-0.4, -0.2) is 17.3 Å². The molecule has 0 saturated carbocycles. The van der Waals surface area contributed by atoms with Crippen molar-refractivity contribution in [2.24, 2.45) is 4.99 Å². The van der Waals surface area contributed by atoms with Gasteiger partial charge in [0.15, 0.2) is 0 Å². The Morgan fingerprint density at radius 3 is 1.77 bits per heavy atom. The summed E-state index contributed by atoms with van der Waals surface area (Å²) in [5, 5.41) is 0. The zero-order chi connectivity index (χ0) is 14.8. The van der Waals surface area contributed by atoms with E-state index < -0.39 is 0 Å². The van der Waals surface area contributed by atoms with Crippen molar-refractivity contribution in [2.75, 3.05) is 6.54 Å². The molecule has 0 aromatic heterocycles. The lowest BCUT2D eigenvalue weighted by atomic mass is 10.0. The van der Waals surface area contributed by atoms with Gasteiger partial charge in [0.25, 0.3) is 0 Å². The van der Waals surface area contributed by atoms with Crippen LogP contribution in [0.1, 0.15) is 48.9 Å². The predicted molar refractivity (Wildman–Crippen MR) is 91.0 cm³/mol. The van der Waals surface area contributed by atoms with Crippen LogP contribution >= 0.6 is 0 Å². The number of hydrogen-bond donors (Lipinski definition) is 0. The van der Waals surface area contributed by atoms with E-state index in [9.17, 15) is 0 Å². The van der Waals surface area contributed by atoms with Crippen LogP contribution < -0.4 is 0 Å². The number of rotatable bonds is 2. The van der Waals surface area contributed by atoms with Gasteiger partial charge in [0.05, 0.1) is 17.9 Å². The fourth-order valence-electron chi connectivity index (χ4n) is 3.91. The number of nitrogens with zero attached hydrogens (tertiary/aromatic N) is 2. The maximum atomic E-state index is 4.81. The summed E-state index contributed by atoms with van der Waals surface area (Å²) in [6, 6.07) is 22.8. The zero-order valence-corrected chi connectivity index (χ0v) is 12.9. The largest absolute Gasteiger partial charge is 0.346 e. The van der Waals surface area contributed by atoms with Gasteiger partial charge in [0, 0.05) is 13.0 Å². The van der Waals surface area contributed by atoms with Crippen LogP contribution in [0.25, 0.3) is 0 Å². The molecule has 2 aromatic rings. The summed E-state index contributed by atoms with van der Waals surface area (Å²) in [5.41, 5.74) is 2.85. The average Bonchev–Trinajstić information content (AvgIpc) is 3.25. The van der Waals surface area contributed by atoms with Crippen molar-refractivity contribution in [1.29, 1.82) is 0 Å². The lowest BCUT2D eigenvalue weighted by Gasteiger charge is -2.33. The Labute approximate surface area is 132 Å². The first-order chi connectivity index (χ1) is 10.9. The minimum atomic E-state index is 0.475. The minimum Gasteiger partial charge on any atom is -0.346 e. The first-order valence-electron chi connectivity index (χ1n) is 8.35. The summed E-state index contributed by atoms with van der Waals surface area (Å²) in [5.74, 6) is 1.32. The molecule has 0 aliphatic carbocycles. The summed E-state index contributed by atoms with van der Waals surface area (Å²) in [7, 11) is 0. The van der Waals surface area contributed by atoms with Gasteiger partial charge in [0.2, 0.25) is 0 Å². The molecular weight excluding hydrogens is 268 g/mol. The molecule has 2 atom stereocenters. The van der Waals surface area contributed by atoms with E-state index in [-0.39, 0.29) is 0 Å². The van der Waals surface area contributed by atoms with Gasteiger partial charge in [-0.3, -0.25) is 4.99 Å². The molecular formula is C20H22N2. The molecule has 0 bridgehead atoms. The Balaban J connectivity index is 1.71. The van der Waals surface area contributed by atoms with E-state index in [4.69, 9.17) is 4.99 Å². The number of hydrogen-bond acceptors (Lipinski definition) is 2. The first kappa shape index (κ1) is 13.6. The summed E-state index contributed by atoms with van der Waals surface area (Å²) < 4.78 is 0. The second kappa shape index (κ2) is 5.96. The van der Waals surface area contributed by atoms with E-state index >= 15 is 0 Å². The maximum absolute atomic E-state index is 4.81. The van der Waals surface area contributed by atoms with Crippen molar-refractivity contribution >= 4 is 5.84 Å². The van der Waals surface area contributed by atoms with Gasteiger partial charge < -0.3 is 4.90 Å². The smallest absolute Gasteiger partial charge is 0.0999 e. The second-order valence-electron chi connectivity index (χ2n) is 6.24. The highest BCUT2D eigenvalue weighted by atomic mass is 15.3. The highest BCUT2D eigenvalue weighted by Crippen LogP contribution is 2.45. The van der Waals surface area contributed by atoms with E-state index in [1.807, 2.05) is 0 Å². The Morgan fingerprint density at radius 1 is 0.773 bits per heavy atom. The molecule has 2 heteroatoms. The number of likely N-dealkylation sites (tertiary alicyclic amines) is 1. The third-order valence-corrected chi connectivity index (χ3v) is 4.90. The molecule has 0 unspecified atom stereocenters. The molecule has 0 radical (unpaired) electrons. The van der Waals surface area contributed by atoms with E-state index in [1.165, 1.54) is 36.2 Å². The van der Waals surface area contributed by atoms with Crippen LogP contribution in [0, 0.1) is 0 Å². The van der Waals surface area contributed by atoms with Crippen LogP contribution in [0.5, 0.6) is 0 Å². The number of benzene rings is 2. The van der Waals surface area contributed by atoms with E-state index in [1.54, 1.807) is 0 Å². The predicted octanol–water partition coefficient (Wildman–Crippen LogP) is 4.76. The Morgan fingerprint density at radius 2 is 1.32 bits per heavy atom. The molecule has 2 aliphatic heterocycles. The Hall–Kier alpha value is -2.09. The minimum absolute atomic E-state index is 0.475. The third-order valence-electron chi connectivity index (χ3n) is 4.90. The summed E-state index contributed by atoms with van der Waals surface area (Å²) in [4.78, 5) is 7.42. The molecule has 112 valence electrons. The van der Waals surface area contributed by atoms with Crippen LogP contribution in [0.3, 0.4) is 0 Å². The quantitative estimate of drug-likeness (QED) is 0.778. The maximum Gasteiger partial charge on any atom is 0.0999 e. The molecule has 2 aliphatic rings. The highest BCUT2D eigenvalue weighted by Gasteiger charge is 2.37. The Kier molecular flexibility index (Phi) is 3.67. The monoisotopic (exact) mass is 290 g/mol. The van der Waals surface area contributed by atoms with E-state index in [0.717, 1.165) is 13.0 Å². The van der Waals surface area contributed by atoms with Gasteiger partial charge in [-0.15, -0.1) is 0 Å². The van der Waals surface area contributed by atoms with Crippen LogP contribution in [0.15, 0.2) is 65.7 Å². The fourth-order valence-corrected chi connectivity index (χ4v) is 3.91. The summed E-state index contributed by atoms with van der Waals surface area (Å²) in [6.07, 6.45) is 4.76. The van der Waals surface area contributed by atoms with Crippen LogP contribution in [0.4, 0.5) is 0 Å². The molecule has 0 spiro atoms. The van der Waals surface area contributed by atoms with Crippen molar-refractivity contribution in [3.8, 4) is 0 Å². The van der Waals surface area contributed by atoms with Gasteiger partial charge >= 0.3 is 0 Å². The van der Waals surface area contributed by atoms with Gasteiger partial charge in [-0.2, -0.15) is 0 Å². The topological polar surface area (TPSA) is 15.6 Å². The fraction of sp³-hybridized carbons (Fsp3) is 0.350. The third kappa shape index (κ3) is 2.43. The van der Waals surface area contributed by atoms with Crippen LogP contribution in [0.2, 0.25) is 0 Å². The van der Waals surface area contributed by atoms with Crippen molar-refractivity contribution in [3.63, 3.8) is 0 Å². The van der Waals surface area contributed by atoms with Gasteiger partial charge in [0.1, 0.15) is 0 Å². The van der Waals surface area contributed by atoms with Crippen molar-refractivity contribution in [3.05, 3.63) is 71.8 Å². The van der Waals surface area contributed by atoms with Crippen molar-refractivity contribution in [2.45, 2.75) is 37.8 Å². The first-order valence-corrected chi connectivity index (χ1v) is 8.35. The molecule has 2 nitrogen and oxygen atoms in total. The molecule has 1 saturated heterocycles. The number of aliphatic imine (C=N–C) groups is 1. The Bertz CT molecular complexity index is 600. The van der Waals surface area contributed by atoms with E-state index in [0.29, 0.717) is 12.1 Å². The summed E-state index contributed by atoms with van der Waals surface area (Å²) in [6.45, 7) is 0.995. The van der Waals surface area contributed by atoms with Crippen molar-refractivity contribution in [1.82, 2.24) is 4.90 Å². The summed E-state index contributed by atoms with van der Waals surface area (Å²) >= 11 is 0. The molecule has 0 N–H and O–H groups in total. The highest BCUT2D eigenvalue weighted by molar-refractivity contribution is 5.85. The second-order valence-corrected chi connectivity index (χ2v) is 6.24. The van der Waals surface area contributed by atoms with Gasteiger partial charge in [-0.05, 0) is 30.4 Å². The average molecular weight is 290 g/mol. The van der Waals surface area contributed by atoms with Gasteiger partial charge in [-0.1, -0.05) is 60.7 Å². The molecule has 4 rings (SSSR count). The molecule has 1 fully saturated rings. The lowest BCUT2D eigenvalue weighted by Crippen LogP contribution is -2.31. The van der Waals surface area contributed by atoms with Crippen molar-refractivity contribution < 1.29 is 0 Å². The molecule has 2 aromatic carbocycles. The number of amidine groups is 1. The molecule has 2 heterocycles. The SMILES string of the molecule is c1ccc([C@H]2CC[C@H](c3ccccc3)N2C2=NCCC2)cc1.